The number of anilines is 1. The highest BCUT2D eigenvalue weighted by molar-refractivity contribution is 9.10. The van der Waals surface area contributed by atoms with E-state index in [2.05, 4.69) is 21.9 Å². The Labute approximate surface area is 106 Å². The lowest BCUT2D eigenvalue weighted by Crippen LogP contribution is -2.26. The maximum atomic E-state index is 13.7. The number of terminal acetylenes is 1. The second-order valence-electron chi connectivity index (χ2n) is 3.79. The van der Waals surface area contributed by atoms with Gasteiger partial charge in [-0.3, -0.25) is 4.79 Å². The molecule has 1 amide bonds. The molecule has 1 fully saturated rings. The molecule has 1 aromatic carbocycles. The van der Waals surface area contributed by atoms with Crippen LogP contribution in [0.4, 0.5) is 14.5 Å². The molecule has 1 aliphatic rings. The number of carbonyl (C=O) groups is 1. The van der Waals surface area contributed by atoms with Crippen molar-refractivity contribution in [1.82, 2.24) is 0 Å². The van der Waals surface area contributed by atoms with Crippen LogP contribution < -0.4 is 4.90 Å². The normalized spacial score (nSPS) is 19.5. The molecule has 1 atom stereocenters. The van der Waals surface area contributed by atoms with E-state index in [4.69, 9.17) is 6.42 Å². The first-order valence-electron chi connectivity index (χ1n) is 4.94. The zero-order chi connectivity index (χ0) is 12.6. The van der Waals surface area contributed by atoms with Gasteiger partial charge in [0.05, 0.1) is 0 Å². The number of halogens is 3. The second-order valence-corrected chi connectivity index (χ2v) is 4.71. The molecule has 2 rings (SSSR count). The van der Waals surface area contributed by atoms with Crippen molar-refractivity contribution < 1.29 is 13.6 Å². The molecule has 0 aromatic heterocycles. The molecule has 0 spiro atoms. The Hall–Kier alpha value is -1.41. The van der Waals surface area contributed by atoms with Crippen molar-refractivity contribution in [1.29, 1.82) is 0 Å². The largest absolute Gasteiger partial charge is 0.306 e. The summed E-state index contributed by atoms with van der Waals surface area (Å²) in [7, 11) is 0. The first-order valence-corrected chi connectivity index (χ1v) is 5.73. The molecule has 1 heterocycles. The summed E-state index contributed by atoms with van der Waals surface area (Å²) < 4.78 is 27.6. The topological polar surface area (TPSA) is 20.3 Å². The van der Waals surface area contributed by atoms with E-state index in [9.17, 15) is 13.6 Å². The number of amides is 1. The summed E-state index contributed by atoms with van der Waals surface area (Å²) in [6, 6.07) is 2.24. The summed E-state index contributed by atoms with van der Waals surface area (Å²) in [4.78, 5) is 12.7. The van der Waals surface area contributed by atoms with Crippen LogP contribution in [0.2, 0.25) is 0 Å². The third kappa shape index (κ3) is 2.18. The van der Waals surface area contributed by atoms with Gasteiger partial charge < -0.3 is 4.90 Å². The molecule has 1 aliphatic heterocycles. The molecule has 2 nitrogen and oxygen atoms in total. The zero-order valence-electron chi connectivity index (χ0n) is 8.71. The summed E-state index contributed by atoms with van der Waals surface area (Å²) in [6.45, 7) is 0.158. The summed E-state index contributed by atoms with van der Waals surface area (Å²) in [5.74, 6) is 0.237. The highest BCUT2D eigenvalue weighted by Gasteiger charge is 2.32. The van der Waals surface area contributed by atoms with Gasteiger partial charge in [-0.05, 0) is 12.1 Å². The van der Waals surface area contributed by atoms with Gasteiger partial charge in [-0.25, -0.2) is 8.78 Å². The quantitative estimate of drug-likeness (QED) is 0.730. The molecule has 5 heteroatoms. The van der Waals surface area contributed by atoms with E-state index >= 15 is 0 Å². The zero-order valence-corrected chi connectivity index (χ0v) is 10.3. The number of nitrogens with zero attached hydrogens (tertiary/aromatic N) is 1. The van der Waals surface area contributed by atoms with Crippen molar-refractivity contribution >= 4 is 27.5 Å². The molecule has 17 heavy (non-hydrogen) atoms. The molecule has 0 saturated carbocycles. The fourth-order valence-electron chi connectivity index (χ4n) is 1.83. The van der Waals surface area contributed by atoms with E-state index in [1.54, 1.807) is 0 Å². The van der Waals surface area contributed by atoms with Crippen LogP contribution >= 0.6 is 15.9 Å². The Morgan fingerprint density at radius 2 is 2.00 bits per heavy atom. The molecule has 1 aromatic rings. The van der Waals surface area contributed by atoms with Gasteiger partial charge in [0.15, 0.2) is 11.6 Å². The lowest BCUT2D eigenvalue weighted by Gasteiger charge is -2.17. The van der Waals surface area contributed by atoms with Gasteiger partial charge in [0.25, 0.3) is 0 Å². The predicted molar refractivity (Wildman–Crippen MR) is 63.4 cm³/mol. The highest BCUT2D eigenvalue weighted by atomic mass is 79.9. The van der Waals surface area contributed by atoms with Crippen molar-refractivity contribution in [2.24, 2.45) is 5.92 Å². The highest BCUT2D eigenvalue weighted by Crippen LogP contribution is 2.31. The molecule has 0 bridgehead atoms. The summed E-state index contributed by atoms with van der Waals surface area (Å²) in [5, 5.41) is 0. The average molecular weight is 300 g/mol. The maximum absolute atomic E-state index is 13.7. The van der Waals surface area contributed by atoms with Crippen LogP contribution in [-0.2, 0) is 4.79 Å². The van der Waals surface area contributed by atoms with Gasteiger partial charge in [0, 0.05) is 23.4 Å². The van der Waals surface area contributed by atoms with Crippen molar-refractivity contribution in [3.63, 3.8) is 0 Å². The van der Waals surface area contributed by atoms with Crippen molar-refractivity contribution in [2.45, 2.75) is 6.42 Å². The van der Waals surface area contributed by atoms with E-state index in [0.717, 1.165) is 17.0 Å². The van der Waals surface area contributed by atoms with Gasteiger partial charge >= 0.3 is 0 Å². The van der Waals surface area contributed by atoms with E-state index in [1.807, 2.05) is 0 Å². The number of hydrogen-bond donors (Lipinski definition) is 0. The van der Waals surface area contributed by atoms with Crippen LogP contribution in [0.5, 0.6) is 0 Å². The Balaban J connectivity index is 2.42. The monoisotopic (exact) mass is 299 g/mol. The molecule has 0 N–H and O–H groups in total. The van der Waals surface area contributed by atoms with Gasteiger partial charge in [-0.2, -0.15) is 0 Å². The van der Waals surface area contributed by atoms with Crippen LogP contribution in [0.15, 0.2) is 16.6 Å². The van der Waals surface area contributed by atoms with Gasteiger partial charge in [0.1, 0.15) is 5.69 Å². The fraction of sp³-hybridized carbons (Fsp3) is 0.250. The summed E-state index contributed by atoms with van der Waals surface area (Å²) in [6.07, 6.45) is 5.34. The van der Waals surface area contributed by atoms with E-state index < -0.39 is 11.6 Å². The minimum atomic E-state index is -0.775. The minimum absolute atomic E-state index is 0.130. The van der Waals surface area contributed by atoms with Gasteiger partial charge in [-0.1, -0.05) is 15.9 Å². The molecule has 88 valence electrons. The third-order valence-corrected chi connectivity index (χ3v) is 3.07. The Morgan fingerprint density at radius 1 is 1.41 bits per heavy atom. The van der Waals surface area contributed by atoms with E-state index in [0.29, 0.717) is 0 Å². The van der Waals surface area contributed by atoms with Crippen LogP contribution in [0.3, 0.4) is 0 Å². The van der Waals surface area contributed by atoms with Crippen LogP contribution in [0.25, 0.3) is 0 Å². The Kier molecular flexibility index (Phi) is 3.16. The minimum Gasteiger partial charge on any atom is -0.306 e. The van der Waals surface area contributed by atoms with Crippen LogP contribution in [-0.4, -0.2) is 12.5 Å². The molecular weight excluding hydrogens is 292 g/mol. The molecular formula is C12H8BrF2NO. The maximum Gasteiger partial charge on any atom is 0.228 e. The first-order chi connectivity index (χ1) is 8.02. The fourth-order valence-corrected chi connectivity index (χ4v) is 2.23. The van der Waals surface area contributed by atoms with Crippen molar-refractivity contribution in [2.75, 3.05) is 11.4 Å². The van der Waals surface area contributed by atoms with Crippen LogP contribution in [0, 0.1) is 29.9 Å². The first kappa shape index (κ1) is 12.1. The average Bonchev–Trinajstić information content (AvgIpc) is 2.59. The Morgan fingerprint density at radius 3 is 2.47 bits per heavy atom. The number of hydrogen-bond acceptors (Lipinski definition) is 1. The summed E-state index contributed by atoms with van der Waals surface area (Å²) >= 11 is 2.98. The Bertz CT molecular complexity index is 501. The smallest absolute Gasteiger partial charge is 0.228 e. The SMILES string of the molecule is C#CC1CC(=O)N(c2c(F)cc(Br)cc2F)C1. The lowest BCUT2D eigenvalue weighted by atomic mass is 10.1. The number of carbonyl (C=O) groups excluding carboxylic acids is 1. The van der Waals surface area contributed by atoms with E-state index in [1.165, 1.54) is 0 Å². The van der Waals surface area contributed by atoms with Crippen molar-refractivity contribution in [3.8, 4) is 12.3 Å². The third-order valence-electron chi connectivity index (χ3n) is 2.61. The molecule has 0 radical (unpaired) electrons. The van der Waals surface area contributed by atoms with Crippen LogP contribution in [0.1, 0.15) is 6.42 Å². The predicted octanol–water partition coefficient (Wildman–Crippen LogP) is 2.71. The van der Waals surface area contributed by atoms with E-state index in [-0.39, 0.29) is 35.0 Å². The molecule has 1 unspecified atom stereocenters. The second kappa shape index (κ2) is 4.46. The lowest BCUT2D eigenvalue weighted by molar-refractivity contribution is -0.117. The summed E-state index contributed by atoms with van der Waals surface area (Å²) in [5.41, 5.74) is -0.323. The molecule has 0 aliphatic carbocycles. The number of benzene rings is 1. The number of rotatable bonds is 1. The van der Waals surface area contributed by atoms with Crippen molar-refractivity contribution in [3.05, 3.63) is 28.2 Å². The standard InChI is InChI=1S/C12H8BrF2NO/c1-2-7-3-11(17)16(6-7)12-9(14)4-8(13)5-10(12)15/h1,4-5,7H,3,6H2. The molecule has 1 saturated heterocycles. The van der Waals surface area contributed by atoms with Gasteiger partial charge in [0.2, 0.25) is 5.91 Å². The van der Waals surface area contributed by atoms with Gasteiger partial charge in [-0.15, -0.1) is 12.3 Å².